The molecular weight excluding hydrogens is 298 g/mol. The summed E-state index contributed by atoms with van der Waals surface area (Å²) in [5.74, 6) is 0.650. The lowest BCUT2D eigenvalue weighted by Gasteiger charge is -2.24. The van der Waals surface area contributed by atoms with Gasteiger partial charge in [0.15, 0.2) is 5.43 Å². The third kappa shape index (κ3) is 1.93. The van der Waals surface area contributed by atoms with E-state index in [0.29, 0.717) is 22.9 Å². The average molecular weight is 312 g/mol. The first kappa shape index (κ1) is 13.4. The molecule has 110 valence electrons. The van der Waals surface area contributed by atoms with E-state index in [1.54, 1.807) is 6.07 Å². The molecule has 3 nitrogen and oxygen atoms in total. The Hall–Kier alpha value is -2.26. The summed E-state index contributed by atoms with van der Waals surface area (Å²) in [6, 6.07) is 15.4. The third-order valence-corrected chi connectivity index (χ3v) is 4.33. The zero-order valence-corrected chi connectivity index (χ0v) is 12.6. The number of aromatic nitrogens is 1. The van der Waals surface area contributed by atoms with E-state index in [9.17, 15) is 4.79 Å². The minimum absolute atomic E-state index is 0.0116. The van der Waals surface area contributed by atoms with Crippen LogP contribution in [0.5, 0.6) is 5.88 Å². The molecule has 2 aromatic carbocycles. The number of fused-ring (bicyclic) bond motifs is 2. The molecule has 0 saturated heterocycles. The molecule has 4 rings (SSSR count). The Kier molecular flexibility index (Phi) is 3.16. The highest BCUT2D eigenvalue weighted by molar-refractivity contribution is 6.35. The van der Waals surface area contributed by atoms with E-state index in [4.69, 9.17) is 16.3 Å². The molecule has 0 saturated carbocycles. The minimum Gasteiger partial charge on any atom is -0.478 e. The second kappa shape index (κ2) is 5.18. The van der Waals surface area contributed by atoms with Crippen LogP contribution in [0.2, 0.25) is 5.02 Å². The molecule has 3 aromatic rings. The highest BCUT2D eigenvalue weighted by Gasteiger charge is 2.23. The number of halogens is 1. The molecule has 0 amide bonds. The molecule has 0 spiro atoms. The Morgan fingerprint density at radius 2 is 1.86 bits per heavy atom. The Morgan fingerprint density at radius 1 is 1.05 bits per heavy atom. The number of rotatable bonds is 1. The van der Waals surface area contributed by atoms with Crippen molar-refractivity contribution >= 4 is 22.5 Å². The molecular formula is C18H14ClNO2. The molecule has 0 unspecified atom stereocenters. The van der Waals surface area contributed by atoms with Gasteiger partial charge in [-0.25, -0.2) is 0 Å². The summed E-state index contributed by atoms with van der Waals surface area (Å²) in [5, 5.41) is 1.05. The van der Waals surface area contributed by atoms with Crippen molar-refractivity contribution in [2.24, 2.45) is 0 Å². The van der Waals surface area contributed by atoms with Gasteiger partial charge in [0.05, 0.1) is 28.1 Å². The summed E-state index contributed by atoms with van der Waals surface area (Å²) in [4.78, 5) is 12.8. The second-order valence-corrected chi connectivity index (χ2v) is 5.78. The van der Waals surface area contributed by atoms with Gasteiger partial charge in [0.2, 0.25) is 5.88 Å². The van der Waals surface area contributed by atoms with Crippen LogP contribution in [-0.2, 0) is 6.42 Å². The maximum Gasteiger partial charge on any atom is 0.205 e. The van der Waals surface area contributed by atoms with E-state index in [2.05, 4.69) is 0 Å². The van der Waals surface area contributed by atoms with Gasteiger partial charge in [0.25, 0.3) is 0 Å². The Bertz CT molecular complexity index is 916. The minimum atomic E-state index is -0.0116. The van der Waals surface area contributed by atoms with E-state index in [1.807, 2.05) is 47.0 Å². The van der Waals surface area contributed by atoms with Gasteiger partial charge in [0.1, 0.15) is 0 Å². The summed E-state index contributed by atoms with van der Waals surface area (Å²) in [6.45, 7) is 0.630. The van der Waals surface area contributed by atoms with E-state index in [0.717, 1.165) is 29.6 Å². The zero-order chi connectivity index (χ0) is 15.1. The molecule has 0 atom stereocenters. The number of pyridine rings is 1. The summed E-state index contributed by atoms with van der Waals surface area (Å²) in [7, 11) is 0. The quantitative estimate of drug-likeness (QED) is 0.681. The highest BCUT2D eigenvalue weighted by Crippen LogP contribution is 2.32. The van der Waals surface area contributed by atoms with Crippen LogP contribution in [0.1, 0.15) is 12.0 Å². The first-order valence-electron chi connectivity index (χ1n) is 7.31. The van der Waals surface area contributed by atoms with Crippen molar-refractivity contribution in [2.45, 2.75) is 12.8 Å². The van der Waals surface area contributed by atoms with E-state index in [1.165, 1.54) is 0 Å². The van der Waals surface area contributed by atoms with E-state index in [-0.39, 0.29) is 5.43 Å². The van der Waals surface area contributed by atoms with Crippen molar-refractivity contribution < 1.29 is 4.74 Å². The first-order chi connectivity index (χ1) is 10.8. The molecule has 4 heteroatoms. The molecule has 0 N–H and O–H groups in total. The smallest absolute Gasteiger partial charge is 0.205 e. The molecule has 0 radical (unpaired) electrons. The van der Waals surface area contributed by atoms with E-state index >= 15 is 0 Å². The van der Waals surface area contributed by atoms with Crippen molar-refractivity contribution in [1.29, 1.82) is 0 Å². The van der Waals surface area contributed by atoms with Crippen LogP contribution in [0.4, 0.5) is 0 Å². The van der Waals surface area contributed by atoms with Crippen LogP contribution in [0.15, 0.2) is 53.3 Å². The largest absolute Gasteiger partial charge is 0.478 e. The molecule has 0 fully saturated rings. The molecule has 1 aliphatic heterocycles. The number of benzene rings is 2. The standard InChI is InChI=1S/C18H14ClNO2/c19-14-9-4-10-15-16(14)17(21)13-8-5-11-22-18(13)20(15)12-6-2-1-3-7-12/h1-4,6-7,9-10H,5,8,11H2. The maximum absolute atomic E-state index is 12.8. The number of nitrogens with zero attached hydrogens (tertiary/aromatic N) is 1. The van der Waals surface area contributed by atoms with Crippen molar-refractivity contribution in [1.82, 2.24) is 4.57 Å². The van der Waals surface area contributed by atoms with Crippen molar-refractivity contribution in [3.63, 3.8) is 0 Å². The van der Waals surface area contributed by atoms with Gasteiger partial charge < -0.3 is 4.74 Å². The van der Waals surface area contributed by atoms with Gasteiger partial charge in [-0.3, -0.25) is 9.36 Å². The Morgan fingerprint density at radius 3 is 2.68 bits per heavy atom. The van der Waals surface area contributed by atoms with Crippen LogP contribution < -0.4 is 10.2 Å². The normalized spacial score (nSPS) is 13.7. The molecule has 1 aliphatic rings. The number of para-hydroxylation sites is 1. The van der Waals surface area contributed by atoms with Crippen LogP contribution >= 0.6 is 11.6 Å². The fourth-order valence-corrected chi connectivity index (χ4v) is 3.29. The molecule has 22 heavy (non-hydrogen) atoms. The summed E-state index contributed by atoms with van der Waals surface area (Å²) in [5.41, 5.74) is 2.45. The average Bonchev–Trinajstić information content (AvgIpc) is 2.56. The third-order valence-electron chi connectivity index (χ3n) is 4.02. The topological polar surface area (TPSA) is 31.2 Å². The van der Waals surface area contributed by atoms with Gasteiger partial charge in [-0.1, -0.05) is 35.9 Å². The molecule has 0 aliphatic carbocycles. The molecule has 2 heterocycles. The van der Waals surface area contributed by atoms with Gasteiger partial charge in [0, 0.05) is 5.69 Å². The fourth-order valence-electron chi connectivity index (χ4n) is 3.04. The lowest BCUT2D eigenvalue weighted by molar-refractivity contribution is 0.270. The number of ether oxygens (including phenoxy) is 1. The lowest BCUT2D eigenvalue weighted by atomic mass is 10.0. The van der Waals surface area contributed by atoms with Crippen molar-refractivity contribution in [3.8, 4) is 11.6 Å². The van der Waals surface area contributed by atoms with Gasteiger partial charge in [-0.05, 0) is 37.1 Å². The van der Waals surface area contributed by atoms with Gasteiger partial charge in [-0.2, -0.15) is 0 Å². The number of hydrogen-bond acceptors (Lipinski definition) is 2. The van der Waals surface area contributed by atoms with Crippen molar-refractivity contribution in [3.05, 3.63) is 69.3 Å². The predicted octanol–water partition coefficient (Wildman–Crippen LogP) is 3.97. The summed E-state index contributed by atoms with van der Waals surface area (Å²) in [6.07, 6.45) is 1.58. The maximum atomic E-state index is 12.8. The zero-order valence-electron chi connectivity index (χ0n) is 11.9. The van der Waals surface area contributed by atoms with Crippen LogP contribution in [0, 0.1) is 0 Å². The van der Waals surface area contributed by atoms with Crippen LogP contribution in [0.3, 0.4) is 0 Å². The van der Waals surface area contributed by atoms with Crippen LogP contribution in [0.25, 0.3) is 16.6 Å². The second-order valence-electron chi connectivity index (χ2n) is 5.37. The highest BCUT2D eigenvalue weighted by atomic mass is 35.5. The van der Waals surface area contributed by atoms with Gasteiger partial charge in [-0.15, -0.1) is 0 Å². The number of hydrogen-bond donors (Lipinski definition) is 0. The van der Waals surface area contributed by atoms with Crippen LogP contribution in [-0.4, -0.2) is 11.2 Å². The Labute approximate surface area is 132 Å². The SMILES string of the molecule is O=c1c2c(n(-c3ccccc3)c3cccc(Cl)c13)OCCC2. The fraction of sp³-hybridized carbons (Fsp3) is 0.167. The predicted molar refractivity (Wildman–Crippen MR) is 88.4 cm³/mol. The monoisotopic (exact) mass is 311 g/mol. The van der Waals surface area contributed by atoms with E-state index < -0.39 is 0 Å². The Balaban J connectivity index is 2.21. The van der Waals surface area contributed by atoms with Crippen molar-refractivity contribution in [2.75, 3.05) is 6.61 Å². The lowest BCUT2D eigenvalue weighted by Crippen LogP contribution is -2.23. The first-order valence-corrected chi connectivity index (χ1v) is 7.69. The molecule has 1 aromatic heterocycles. The summed E-state index contributed by atoms with van der Waals surface area (Å²) >= 11 is 6.31. The van der Waals surface area contributed by atoms with Gasteiger partial charge >= 0.3 is 0 Å². The summed E-state index contributed by atoms with van der Waals surface area (Å²) < 4.78 is 7.85. The molecule has 0 bridgehead atoms.